The molecule has 2 aromatic heterocycles. The van der Waals surface area contributed by atoms with E-state index in [0.29, 0.717) is 17.3 Å². The lowest BCUT2D eigenvalue weighted by molar-refractivity contribution is 0.0983. The normalized spacial score (nSPS) is 10.5. The van der Waals surface area contributed by atoms with E-state index in [1.54, 1.807) is 23.5 Å². The predicted molar refractivity (Wildman–Crippen MR) is 72.1 cm³/mol. The lowest BCUT2D eigenvalue weighted by Crippen LogP contribution is -2.03. The Kier molecular flexibility index (Phi) is 3.20. The number of carbonyl (C=O) groups is 1. The third kappa shape index (κ3) is 2.61. The fourth-order valence-electron chi connectivity index (χ4n) is 1.70. The molecule has 0 N–H and O–H groups in total. The fraction of sp³-hybridized carbons (Fsp3) is 0.0714. The molecular weight excluding hydrogens is 260 g/mol. The highest BCUT2D eigenvalue weighted by Gasteiger charge is 2.13. The van der Waals surface area contributed by atoms with Crippen LogP contribution in [-0.4, -0.2) is 15.9 Å². The van der Waals surface area contributed by atoms with Crippen LogP contribution >= 0.6 is 11.3 Å². The number of carbonyl (C=O) groups excluding carboxylic acids is 1. The zero-order valence-electron chi connectivity index (χ0n) is 9.95. The van der Waals surface area contributed by atoms with Gasteiger partial charge in [0, 0.05) is 16.5 Å². The number of ketones is 1. The van der Waals surface area contributed by atoms with Crippen LogP contribution in [0.3, 0.4) is 0 Å². The molecule has 1 aromatic carbocycles. The van der Waals surface area contributed by atoms with Crippen molar-refractivity contribution in [1.82, 2.24) is 10.1 Å². The van der Waals surface area contributed by atoms with Crippen LogP contribution in [0.4, 0.5) is 0 Å². The summed E-state index contributed by atoms with van der Waals surface area (Å²) in [7, 11) is 0. The van der Waals surface area contributed by atoms with Gasteiger partial charge in [-0.3, -0.25) is 4.79 Å². The van der Waals surface area contributed by atoms with Gasteiger partial charge in [-0.05, 0) is 11.4 Å². The summed E-state index contributed by atoms with van der Waals surface area (Å²) in [6.07, 6.45) is 0.126. The Hall–Kier alpha value is -2.27. The third-order valence-corrected chi connectivity index (χ3v) is 3.34. The molecule has 94 valence electrons. The highest BCUT2D eigenvalue weighted by Crippen LogP contribution is 2.19. The molecule has 0 aliphatic heterocycles. The maximum absolute atomic E-state index is 12.0. The van der Waals surface area contributed by atoms with Gasteiger partial charge in [-0.25, -0.2) is 0 Å². The van der Waals surface area contributed by atoms with Crippen molar-refractivity contribution in [2.24, 2.45) is 0 Å². The molecule has 3 rings (SSSR count). The van der Waals surface area contributed by atoms with Gasteiger partial charge in [-0.1, -0.05) is 35.5 Å². The molecule has 0 amide bonds. The van der Waals surface area contributed by atoms with Gasteiger partial charge in [0.15, 0.2) is 5.78 Å². The van der Waals surface area contributed by atoms with Crippen molar-refractivity contribution in [2.75, 3.05) is 0 Å². The molecule has 0 atom stereocenters. The number of benzene rings is 1. The quantitative estimate of drug-likeness (QED) is 0.683. The first-order chi connectivity index (χ1) is 9.33. The molecule has 0 radical (unpaired) electrons. The summed E-state index contributed by atoms with van der Waals surface area (Å²) in [6, 6.07) is 11.0. The summed E-state index contributed by atoms with van der Waals surface area (Å²) in [4.78, 5) is 16.2. The van der Waals surface area contributed by atoms with Gasteiger partial charge in [-0.2, -0.15) is 16.3 Å². The second-order valence-electron chi connectivity index (χ2n) is 3.99. The number of nitrogens with zero attached hydrogens (tertiary/aromatic N) is 2. The second kappa shape index (κ2) is 5.16. The first kappa shape index (κ1) is 11.8. The van der Waals surface area contributed by atoms with E-state index < -0.39 is 0 Å². The topological polar surface area (TPSA) is 56.0 Å². The maximum Gasteiger partial charge on any atom is 0.234 e. The Balaban J connectivity index is 1.76. The third-order valence-electron chi connectivity index (χ3n) is 2.66. The van der Waals surface area contributed by atoms with Crippen molar-refractivity contribution in [1.29, 1.82) is 0 Å². The van der Waals surface area contributed by atoms with Gasteiger partial charge in [0.25, 0.3) is 0 Å². The highest BCUT2D eigenvalue weighted by molar-refractivity contribution is 7.08. The summed E-state index contributed by atoms with van der Waals surface area (Å²) in [5.41, 5.74) is 1.56. The van der Waals surface area contributed by atoms with Crippen molar-refractivity contribution in [3.63, 3.8) is 0 Å². The molecule has 0 aliphatic rings. The molecule has 0 spiro atoms. The van der Waals surface area contributed by atoms with Crippen LogP contribution in [0, 0.1) is 0 Å². The van der Waals surface area contributed by atoms with Gasteiger partial charge in [0.05, 0.1) is 6.42 Å². The monoisotopic (exact) mass is 270 g/mol. The van der Waals surface area contributed by atoms with Crippen molar-refractivity contribution in [3.8, 4) is 11.4 Å². The van der Waals surface area contributed by atoms with E-state index in [1.165, 1.54) is 0 Å². The average Bonchev–Trinajstić information content (AvgIpc) is 3.10. The Bertz CT molecular complexity index is 675. The Morgan fingerprint density at radius 2 is 2.05 bits per heavy atom. The number of thiophene rings is 1. The minimum absolute atomic E-state index is 0.0267. The molecule has 0 bridgehead atoms. The van der Waals surface area contributed by atoms with Gasteiger partial charge >= 0.3 is 0 Å². The number of rotatable bonds is 4. The van der Waals surface area contributed by atoms with Gasteiger partial charge in [-0.15, -0.1) is 0 Å². The molecular formula is C14H10N2O2S. The molecule has 0 aliphatic carbocycles. The number of Topliss-reactive ketones (excluding diaryl/α,β-unsaturated/α-hetero) is 1. The van der Waals surface area contributed by atoms with E-state index in [1.807, 2.05) is 35.0 Å². The van der Waals surface area contributed by atoms with Crippen LogP contribution in [0.25, 0.3) is 11.4 Å². The summed E-state index contributed by atoms with van der Waals surface area (Å²) in [5.74, 6) is 0.841. The van der Waals surface area contributed by atoms with Crippen molar-refractivity contribution < 1.29 is 9.32 Å². The van der Waals surface area contributed by atoms with Crippen LogP contribution < -0.4 is 0 Å². The van der Waals surface area contributed by atoms with E-state index in [4.69, 9.17) is 4.52 Å². The van der Waals surface area contributed by atoms with E-state index in [-0.39, 0.29) is 12.2 Å². The van der Waals surface area contributed by atoms with E-state index >= 15 is 0 Å². The summed E-state index contributed by atoms with van der Waals surface area (Å²) >= 11 is 1.57. The van der Waals surface area contributed by atoms with E-state index in [9.17, 15) is 4.79 Å². The smallest absolute Gasteiger partial charge is 0.234 e. The van der Waals surface area contributed by atoms with Gasteiger partial charge < -0.3 is 4.52 Å². The van der Waals surface area contributed by atoms with Crippen LogP contribution in [0.2, 0.25) is 0 Å². The van der Waals surface area contributed by atoms with Gasteiger partial charge in [0.2, 0.25) is 11.7 Å². The van der Waals surface area contributed by atoms with E-state index in [0.717, 1.165) is 5.56 Å². The molecule has 5 heteroatoms. The Labute approximate surface area is 113 Å². The predicted octanol–water partition coefficient (Wildman–Crippen LogP) is 3.22. The molecule has 3 aromatic rings. The van der Waals surface area contributed by atoms with E-state index in [2.05, 4.69) is 10.1 Å². The first-order valence-corrected chi connectivity index (χ1v) is 6.70. The molecule has 0 fully saturated rings. The summed E-state index contributed by atoms with van der Waals surface area (Å²) in [6.45, 7) is 0. The van der Waals surface area contributed by atoms with Crippen LogP contribution in [-0.2, 0) is 6.42 Å². The SMILES string of the molecule is O=C(Cc1nc(-c2ccsc2)no1)c1ccccc1. The lowest BCUT2D eigenvalue weighted by atomic mass is 10.1. The highest BCUT2D eigenvalue weighted by atomic mass is 32.1. The fourth-order valence-corrected chi connectivity index (χ4v) is 2.33. The average molecular weight is 270 g/mol. The Morgan fingerprint density at radius 1 is 1.21 bits per heavy atom. The van der Waals surface area contributed by atoms with Crippen molar-refractivity contribution in [2.45, 2.75) is 6.42 Å². The molecule has 2 heterocycles. The minimum atomic E-state index is -0.0267. The number of hydrogen-bond donors (Lipinski definition) is 0. The van der Waals surface area contributed by atoms with Gasteiger partial charge in [0.1, 0.15) is 0 Å². The second-order valence-corrected chi connectivity index (χ2v) is 4.77. The molecule has 19 heavy (non-hydrogen) atoms. The lowest BCUT2D eigenvalue weighted by Gasteiger charge is -1.95. The Morgan fingerprint density at radius 3 is 2.79 bits per heavy atom. The van der Waals surface area contributed by atoms with Crippen molar-refractivity contribution in [3.05, 3.63) is 58.6 Å². The zero-order valence-corrected chi connectivity index (χ0v) is 10.8. The number of aromatic nitrogens is 2. The molecule has 0 saturated carbocycles. The minimum Gasteiger partial charge on any atom is -0.338 e. The first-order valence-electron chi connectivity index (χ1n) is 5.76. The van der Waals surface area contributed by atoms with Crippen LogP contribution in [0.1, 0.15) is 16.2 Å². The summed E-state index contributed by atoms with van der Waals surface area (Å²) < 4.78 is 5.10. The van der Waals surface area contributed by atoms with Crippen LogP contribution in [0.15, 0.2) is 51.7 Å². The largest absolute Gasteiger partial charge is 0.338 e. The molecule has 4 nitrogen and oxygen atoms in total. The van der Waals surface area contributed by atoms with Crippen molar-refractivity contribution >= 4 is 17.1 Å². The number of hydrogen-bond acceptors (Lipinski definition) is 5. The molecule has 0 saturated heterocycles. The van der Waals surface area contributed by atoms with Crippen LogP contribution in [0.5, 0.6) is 0 Å². The molecule has 0 unspecified atom stereocenters. The summed E-state index contributed by atoms with van der Waals surface area (Å²) in [5, 5.41) is 7.76. The standard InChI is InChI=1S/C14H10N2O2S/c17-12(10-4-2-1-3-5-10)8-13-15-14(16-18-13)11-6-7-19-9-11/h1-7,9H,8H2. The maximum atomic E-state index is 12.0. The zero-order chi connectivity index (χ0) is 13.1.